The molecule has 0 saturated carbocycles. The average Bonchev–Trinajstić information content (AvgIpc) is 3.27. The fourth-order valence-electron chi connectivity index (χ4n) is 3.36. The lowest BCUT2D eigenvalue weighted by molar-refractivity contribution is -0.120. The summed E-state index contributed by atoms with van der Waals surface area (Å²) >= 11 is 1.06. The number of carbonyl (C=O) groups excluding carboxylic acids is 1. The van der Waals surface area contributed by atoms with E-state index in [9.17, 15) is 22.4 Å². The van der Waals surface area contributed by atoms with Crippen LogP contribution in [0.1, 0.15) is 12.8 Å². The summed E-state index contributed by atoms with van der Waals surface area (Å²) in [5.41, 5.74) is 0.593. The van der Waals surface area contributed by atoms with Crippen molar-refractivity contribution < 1.29 is 17.6 Å². The van der Waals surface area contributed by atoms with Gasteiger partial charge in [-0.15, -0.1) is 11.3 Å². The molecule has 11 heteroatoms. The number of piperidine rings is 1. The maximum absolute atomic E-state index is 13.1. The number of H-pyrrole nitrogens is 1. The number of amides is 1. The normalized spacial score (nSPS) is 17.4. The van der Waals surface area contributed by atoms with Crippen molar-refractivity contribution in [2.75, 3.05) is 18.4 Å². The number of hydrogen-bond donors (Lipinski definition) is 2. The molecule has 0 bridgehead atoms. The smallest absolute Gasteiger partial charge is 0.264 e. The minimum absolute atomic E-state index is 0.0689. The van der Waals surface area contributed by atoms with Gasteiger partial charge < -0.3 is 5.32 Å². The average molecular weight is 463 g/mol. The van der Waals surface area contributed by atoms with Crippen molar-refractivity contribution in [3.8, 4) is 10.6 Å². The van der Waals surface area contributed by atoms with Crippen LogP contribution in [0.15, 0.2) is 57.5 Å². The van der Waals surface area contributed by atoms with Gasteiger partial charge in [0.2, 0.25) is 5.91 Å². The molecule has 1 amide bonds. The van der Waals surface area contributed by atoms with Gasteiger partial charge in [-0.05, 0) is 55.3 Å². The molecule has 1 aliphatic rings. The zero-order valence-electron chi connectivity index (χ0n) is 16.2. The fraction of sp³-hybridized carbons (Fsp3) is 0.250. The molecule has 2 aromatic heterocycles. The third-order valence-electron chi connectivity index (χ3n) is 4.97. The maximum atomic E-state index is 13.1. The predicted molar refractivity (Wildman–Crippen MR) is 115 cm³/mol. The number of benzene rings is 1. The van der Waals surface area contributed by atoms with Gasteiger partial charge >= 0.3 is 0 Å². The summed E-state index contributed by atoms with van der Waals surface area (Å²) in [7, 11) is -3.78. The number of hydrogen-bond acceptors (Lipinski definition) is 6. The van der Waals surface area contributed by atoms with Gasteiger partial charge in [0, 0.05) is 24.8 Å². The van der Waals surface area contributed by atoms with E-state index < -0.39 is 21.8 Å². The van der Waals surface area contributed by atoms with Crippen LogP contribution in [0.2, 0.25) is 0 Å². The van der Waals surface area contributed by atoms with Gasteiger partial charge in [0.15, 0.2) is 0 Å². The Morgan fingerprint density at radius 1 is 1.16 bits per heavy atom. The van der Waals surface area contributed by atoms with Crippen molar-refractivity contribution in [3.63, 3.8) is 0 Å². The van der Waals surface area contributed by atoms with E-state index in [-0.39, 0.29) is 22.2 Å². The Labute approximate surface area is 181 Å². The highest BCUT2D eigenvalue weighted by molar-refractivity contribution is 7.91. The molecule has 3 aromatic rings. The Balaban J connectivity index is 1.48. The van der Waals surface area contributed by atoms with Gasteiger partial charge in [-0.25, -0.2) is 17.9 Å². The third-order valence-corrected chi connectivity index (χ3v) is 8.41. The molecule has 0 spiro atoms. The molecule has 2 N–H and O–H groups in total. The summed E-state index contributed by atoms with van der Waals surface area (Å²) < 4.78 is 40.8. The topological polar surface area (TPSA) is 112 Å². The minimum atomic E-state index is -3.78. The monoisotopic (exact) mass is 462 g/mol. The number of sulfonamides is 1. The number of carbonyl (C=O) groups is 1. The van der Waals surface area contributed by atoms with Crippen LogP contribution in [-0.2, 0) is 14.8 Å². The molecule has 162 valence electrons. The van der Waals surface area contributed by atoms with Gasteiger partial charge in [0.25, 0.3) is 15.6 Å². The third kappa shape index (κ3) is 4.73. The van der Waals surface area contributed by atoms with Crippen molar-refractivity contribution in [2.45, 2.75) is 17.1 Å². The van der Waals surface area contributed by atoms with Crippen molar-refractivity contribution in [1.82, 2.24) is 14.5 Å². The van der Waals surface area contributed by atoms with Crippen LogP contribution in [0.5, 0.6) is 0 Å². The predicted octanol–water partition coefficient (Wildman–Crippen LogP) is 2.68. The lowest BCUT2D eigenvalue weighted by Crippen LogP contribution is -2.43. The van der Waals surface area contributed by atoms with E-state index in [2.05, 4.69) is 15.5 Å². The lowest BCUT2D eigenvalue weighted by Gasteiger charge is -2.30. The summed E-state index contributed by atoms with van der Waals surface area (Å²) in [6, 6.07) is 11.4. The molecule has 1 saturated heterocycles. The molecule has 0 unspecified atom stereocenters. The Morgan fingerprint density at radius 3 is 2.65 bits per heavy atom. The molecule has 3 heterocycles. The second-order valence-corrected chi connectivity index (χ2v) is 10.4. The highest BCUT2D eigenvalue weighted by Gasteiger charge is 2.34. The molecule has 4 rings (SSSR count). The largest absolute Gasteiger partial charge is 0.326 e. The van der Waals surface area contributed by atoms with Crippen LogP contribution in [-0.4, -0.2) is 41.9 Å². The molecule has 31 heavy (non-hydrogen) atoms. The number of aromatic nitrogens is 2. The van der Waals surface area contributed by atoms with E-state index in [1.165, 1.54) is 46.8 Å². The molecule has 0 aliphatic carbocycles. The molecule has 1 fully saturated rings. The lowest BCUT2D eigenvalue weighted by atomic mass is 9.99. The highest BCUT2D eigenvalue weighted by Crippen LogP contribution is 2.32. The van der Waals surface area contributed by atoms with E-state index in [0.29, 0.717) is 35.6 Å². The first-order valence-corrected chi connectivity index (χ1v) is 11.8. The molecule has 0 radical (unpaired) electrons. The SMILES string of the molecule is O=C(Nc1ccc(F)cc1)[C@H]1CCCN(S(=O)(=O)c2ccc(-c3ccc(=O)[nH]n3)s2)C1. The number of halogens is 1. The molecular formula is C20H19FN4O4S2. The van der Waals surface area contributed by atoms with Gasteiger partial charge in [-0.2, -0.15) is 9.40 Å². The first-order chi connectivity index (χ1) is 14.8. The van der Waals surface area contributed by atoms with Crippen LogP contribution < -0.4 is 10.9 Å². The molecular weight excluding hydrogens is 443 g/mol. The maximum Gasteiger partial charge on any atom is 0.264 e. The van der Waals surface area contributed by atoms with Crippen LogP contribution in [0.4, 0.5) is 10.1 Å². The Hall–Kier alpha value is -2.89. The van der Waals surface area contributed by atoms with E-state index in [1.54, 1.807) is 6.07 Å². The summed E-state index contributed by atoms with van der Waals surface area (Å²) in [5.74, 6) is -1.20. The minimum Gasteiger partial charge on any atom is -0.326 e. The van der Waals surface area contributed by atoms with Crippen LogP contribution >= 0.6 is 11.3 Å². The first kappa shape index (κ1) is 21.3. The Bertz CT molecular complexity index is 1230. The first-order valence-electron chi connectivity index (χ1n) is 9.55. The fourth-order valence-corrected chi connectivity index (χ4v) is 6.31. The summed E-state index contributed by atoms with van der Waals surface area (Å²) in [6.45, 7) is 0.395. The van der Waals surface area contributed by atoms with E-state index in [4.69, 9.17) is 0 Å². The van der Waals surface area contributed by atoms with Crippen molar-refractivity contribution in [2.24, 2.45) is 5.92 Å². The number of nitrogens with one attached hydrogen (secondary N) is 2. The number of anilines is 1. The van der Waals surface area contributed by atoms with Crippen molar-refractivity contribution in [1.29, 1.82) is 0 Å². The molecule has 1 aromatic carbocycles. The quantitative estimate of drug-likeness (QED) is 0.605. The molecule has 8 nitrogen and oxygen atoms in total. The second kappa shape index (κ2) is 8.69. The standard InChI is InChI=1S/C20H19FN4O4S2/c21-14-3-5-15(6-4-14)22-20(27)13-2-1-11-25(12-13)31(28,29)19-10-8-17(30-19)16-7-9-18(26)24-23-16/h3-10,13H,1-2,11-12H2,(H,22,27)(H,24,26)/t13-/m0/s1. The molecule has 1 aliphatic heterocycles. The van der Waals surface area contributed by atoms with E-state index >= 15 is 0 Å². The van der Waals surface area contributed by atoms with Gasteiger partial charge in [-0.1, -0.05) is 0 Å². The van der Waals surface area contributed by atoms with Gasteiger partial charge in [0.1, 0.15) is 15.7 Å². The van der Waals surface area contributed by atoms with Crippen LogP contribution in [0.25, 0.3) is 10.6 Å². The van der Waals surface area contributed by atoms with E-state index in [0.717, 1.165) is 11.3 Å². The van der Waals surface area contributed by atoms with Crippen molar-refractivity contribution in [3.05, 3.63) is 64.7 Å². The summed E-state index contributed by atoms with van der Waals surface area (Å²) in [4.78, 5) is 24.4. The van der Waals surface area contributed by atoms with E-state index in [1.807, 2.05) is 0 Å². The Kier molecular flexibility index (Phi) is 5.99. The zero-order valence-corrected chi connectivity index (χ0v) is 17.9. The summed E-state index contributed by atoms with van der Waals surface area (Å²) in [5, 5.41) is 8.97. The number of nitrogens with zero attached hydrogens (tertiary/aromatic N) is 2. The van der Waals surface area contributed by atoms with Crippen LogP contribution in [0.3, 0.4) is 0 Å². The second-order valence-electron chi connectivity index (χ2n) is 7.12. The number of thiophene rings is 1. The Morgan fingerprint density at radius 2 is 1.94 bits per heavy atom. The number of rotatable bonds is 5. The van der Waals surface area contributed by atoms with Gasteiger partial charge in [0.05, 0.1) is 10.8 Å². The zero-order chi connectivity index (χ0) is 22.0. The molecule has 1 atom stereocenters. The highest BCUT2D eigenvalue weighted by atomic mass is 32.2. The van der Waals surface area contributed by atoms with Gasteiger partial charge in [-0.3, -0.25) is 9.59 Å². The van der Waals surface area contributed by atoms with Crippen LogP contribution in [0, 0.1) is 11.7 Å². The summed E-state index contributed by atoms with van der Waals surface area (Å²) in [6.07, 6.45) is 1.12. The van der Waals surface area contributed by atoms with Crippen molar-refractivity contribution >= 4 is 33.0 Å². The number of aromatic amines is 1.